The highest BCUT2D eigenvalue weighted by atomic mass is 16.5. The van der Waals surface area contributed by atoms with Crippen LogP contribution in [0.2, 0.25) is 0 Å². The molecule has 0 fully saturated rings. The standard InChI is InChI=1S/C13H21NO/c1-9(2)12(14)8-15-13-6-5-10(3)7-11(13)4/h5-7,9,12H,8,14H2,1-4H3/t12-/m1/s1. The number of hydrogen-bond acceptors (Lipinski definition) is 2. The van der Waals surface area contributed by atoms with E-state index in [1.807, 2.05) is 6.07 Å². The molecule has 0 saturated carbocycles. The Morgan fingerprint density at radius 2 is 1.93 bits per heavy atom. The van der Waals surface area contributed by atoms with Crippen LogP contribution in [0.1, 0.15) is 25.0 Å². The van der Waals surface area contributed by atoms with Crippen molar-refractivity contribution in [3.05, 3.63) is 29.3 Å². The normalized spacial score (nSPS) is 12.9. The second kappa shape index (κ2) is 5.17. The van der Waals surface area contributed by atoms with E-state index >= 15 is 0 Å². The van der Waals surface area contributed by atoms with Crippen LogP contribution in [0.3, 0.4) is 0 Å². The summed E-state index contributed by atoms with van der Waals surface area (Å²) in [6.07, 6.45) is 0. The van der Waals surface area contributed by atoms with Gasteiger partial charge in [-0.05, 0) is 31.4 Å². The zero-order valence-electron chi connectivity index (χ0n) is 10.1. The van der Waals surface area contributed by atoms with Crippen molar-refractivity contribution in [1.29, 1.82) is 0 Å². The van der Waals surface area contributed by atoms with Crippen LogP contribution >= 0.6 is 0 Å². The van der Waals surface area contributed by atoms with E-state index in [0.29, 0.717) is 12.5 Å². The minimum atomic E-state index is 0.103. The Labute approximate surface area is 92.4 Å². The molecule has 0 bridgehead atoms. The van der Waals surface area contributed by atoms with Gasteiger partial charge in [0.05, 0.1) is 0 Å². The first kappa shape index (κ1) is 12.1. The summed E-state index contributed by atoms with van der Waals surface area (Å²) in [6.45, 7) is 8.94. The van der Waals surface area contributed by atoms with Crippen LogP contribution < -0.4 is 10.5 Å². The number of nitrogens with two attached hydrogens (primary N) is 1. The maximum atomic E-state index is 5.92. The smallest absolute Gasteiger partial charge is 0.122 e. The van der Waals surface area contributed by atoms with E-state index in [9.17, 15) is 0 Å². The van der Waals surface area contributed by atoms with Gasteiger partial charge < -0.3 is 10.5 Å². The third-order valence-corrected chi connectivity index (χ3v) is 2.62. The summed E-state index contributed by atoms with van der Waals surface area (Å²) in [5.74, 6) is 1.40. The lowest BCUT2D eigenvalue weighted by molar-refractivity contribution is 0.258. The van der Waals surface area contributed by atoms with Gasteiger partial charge >= 0.3 is 0 Å². The summed E-state index contributed by atoms with van der Waals surface area (Å²) in [5.41, 5.74) is 8.35. The molecule has 0 aliphatic rings. The second-order valence-corrected chi connectivity index (χ2v) is 4.49. The Morgan fingerprint density at radius 1 is 1.27 bits per heavy atom. The van der Waals surface area contributed by atoms with Crippen molar-refractivity contribution in [1.82, 2.24) is 0 Å². The average Bonchev–Trinajstić information content (AvgIpc) is 2.15. The molecule has 0 saturated heterocycles. The fourth-order valence-corrected chi connectivity index (χ4v) is 1.34. The van der Waals surface area contributed by atoms with E-state index in [1.54, 1.807) is 0 Å². The van der Waals surface area contributed by atoms with Gasteiger partial charge in [-0.25, -0.2) is 0 Å². The monoisotopic (exact) mass is 207 g/mol. The minimum absolute atomic E-state index is 0.103. The summed E-state index contributed by atoms with van der Waals surface area (Å²) in [7, 11) is 0. The van der Waals surface area contributed by atoms with E-state index in [4.69, 9.17) is 10.5 Å². The van der Waals surface area contributed by atoms with Crippen molar-refractivity contribution in [2.45, 2.75) is 33.7 Å². The lowest BCUT2D eigenvalue weighted by Crippen LogP contribution is -2.33. The summed E-state index contributed by atoms with van der Waals surface area (Å²) >= 11 is 0. The molecule has 2 heteroatoms. The van der Waals surface area contributed by atoms with Gasteiger partial charge in [0.1, 0.15) is 12.4 Å². The van der Waals surface area contributed by atoms with E-state index in [1.165, 1.54) is 11.1 Å². The molecule has 0 unspecified atom stereocenters. The van der Waals surface area contributed by atoms with Gasteiger partial charge in [-0.15, -0.1) is 0 Å². The van der Waals surface area contributed by atoms with Crippen molar-refractivity contribution < 1.29 is 4.74 Å². The van der Waals surface area contributed by atoms with Crippen LogP contribution in [0.15, 0.2) is 18.2 Å². The molecule has 15 heavy (non-hydrogen) atoms. The Hall–Kier alpha value is -1.02. The van der Waals surface area contributed by atoms with Crippen LogP contribution in [0, 0.1) is 19.8 Å². The van der Waals surface area contributed by atoms with Crippen molar-refractivity contribution in [2.24, 2.45) is 11.7 Å². The Kier molecular flexibility index (Phi) is 4.15. The Morgan fingerprint density at radius 3 is 2.47 bits per heavy atom. The fourth-order valence-electron chi connectivity index (χ4n) is 1.34. The molecule has 0 aliphatic heterocycles. The zero-order valence-corrected chi connectivity index (χ0v) is 10.1. The number of ether oxygens (including phenoxy) is 1. The Balaban J connectivity index is 2.58. The lowest BCUT2D eigenvalue weighted by atomic mass is 10.1. The largest absolute Gasteiger partial charge is 0.492 e. The molecule has 1 aromatic carbocycles. The minimum Gasteiger partial charge on any atom is -0.492 e. The topological polar surface area (TPSA) is 35.2 Å². The second-order valence-electron chi connectivity index (χ2n) is 4.49. The molecule has 0 radical (unpaired) electrons. The average molecular weight is 207 g/mol. The van der Waals surface area contributed by atoms with Gasteiger partial charge in [0, 0.05) is 6.04 Å². The molecule has 0 heterocycles. The van der Waals surface area contributed by atoms with Gasteiger partial charge in [0.2, 0.25) is 0 Å². The number of hydrogen-bond donors (Lipinski definition) is 1. The predicted molar refractivity (Wildman–Crippen MR) is 64.2 cm³/mol. The zero-order chi connectivity index (χ0) is 11.4. The van der Waals surface area contributed by atoms with E-state index in [2.05, 4.69) is 39.8 Å². The molecule has 0 amide bonds. The molecular weight excluding hydrogens is 186 g/mol. The highest BCUT2D eigenvalue weighted by Gasteiger charge is 2.08. The summed E-state index contributed by atoms with van der Waals surface area (Å²) in [4.78, 5) is 0. The van der Waals surface area contributed by atoms with Crippen molar-refractivity contribution in [2.75, 3.05) is 6.61 Å². The van der Waals surface area contributed by atoms with Crippen molar-refractivity contribution >= 4 is 0 Å². The first-order chi connectivity index (χ1) is 7.00. The van der Waals surface area contributed by atoms with E-state index < -0.39 is 0 Å². The first-order valence-corrected chi connectivity index (χ1v) is 5.46. The van der Waals surface area contributed by atoms with Crippen LogP contribution in [0.5, 0.6) is 5.75 Å². The molecule has 84 valence electrons. The van der Waals surface area contributed by atoms with Gasteiger partial charge in [0.15, 0.2) is 0 Å². The van der Waals surface area contributed by atoms with Crippen molar-refractivity contribution in [3.63, 3.8) is 0 Å². The number of aryl methyl sites for hydroxylation is 2. The fraction of sp³-hybridized carbons (Fsp3) is 0.538. The molecule has 2 nitrogen and oxygen atoms in total. The van der Waals surface area contributed by atoms with Crippen molar-refractivity contribution in [3.8, 4) is 5.75 Å². The first-order valence-electron chi connectivity index (χ1n) is 5.46. The highest BCUT2D eigenvalue weighted by Crippen LogP contribution is 2.19. The molecule has 2 N–H and O–H groups in total. The predicted octanol–water partition coefficient (Wildman–Crippen LogP) is 2.67. The SMILES string of the molecule is Cc1ccc(OC[C@@H](N)C(C)C)c(C)c1. The molecule has 1 atom stereocenters. The Bertz CT molecular complexity index is 320. The van der Waals surface area contributed by atoms with Gasteiger partial charge in [-0.2, -0.15) is 0 Å². The number of benzene rings is 1. The lowest BCUT2D eigenvalue weighted by Gasteiger charge is -2.17. The number of rotatable bonds is 4. The van der Waals surface area contributed by atoms with E-state index in [0.717, 1.165) is 5.75 Å². The van der Waals surface area contributed by atoms with Gasteiger partial charge in [0.25, 0.3) is 0 Å². The van der Waals surface area contributed by atoms with Crippen LogP contribution in [-0.4, -0.2) is 12.6 Å². The summed E-state index contributed by atoms with van der Waals surface area (Å²) in [6, 6.07) is 6.29. The molecule has 0 spiro atoms. The van der Waals surface area contributed by atoms with Crippen LogP contribution in [0.4, 0.5) is 0 Å². The maximum Gasteiger partial charge on any atom is 0.122 e. The molecule has 0 aliphatic carbocycles. The molecule has 1 aromatic rings. The highest BCUT2D eigenvalue weighted by molar-refractivity contribution is 5.35. The van der Waals surface area contributed by atoms with Crippen LogP contribution in [-0.2, 0) is 0 Å². The van der Waals surface area contributed by atoms with Crippen LogP contribution in [0.25, 0.3) is 0 Å². The molecule has 0 aromatic heterocycles. The van der Waals surface area contributed by atoms with Gasteiger partial charge in [-0.1, -0.05) is 31.5 Å². The quantitative estimate of drug-likeness (QED) is 0.823. The van der Waals surface area contributed by atoms with Gasteiger partial charge in [-0.3, -0.25) is 0 Å². The third-order valence-electron chi connectivity index (χ3n) is 2.62. The molecular formula is C13H21NO. The van der Waals surface area contributed by atoms with E-state index in [-0.39, 0.29) is 6.04 Å². The maximum absolute atomic E-state index is 5.92. The summed E-state index contributed by atoms with van der Waals surface area (Å²) < 4.78 is 5.69. The third kappa shape index (κ3) is 3.56. The molecule has 1 rings (SSSR count). The summed E-state index contributed by atoms with van der Waals surface area (Å²) in [5, 5.41) is 0.